The van der Waals surface area contributed by atoms with Crippen molar-refractivity contribution < 1.29 is 37.6 Å². The number of quaternary nitrogens is 1. The van der Waals surface area contributed by atoms with Crippen LogP contribution in [0.3, 0.4) is 0 Å². The lowest BCUT2D eigenvalue weighted by atomic mass is 10.0. The maximum Gasteiger partial charge on any atom is 0.472 e. The predicted molar refractivity (Wildman–Crippen MR) is 225 cm³/mol. The summed E-state index contributed by atoms with van der Waals surface area (Å²) >= 11 is 0. The molecule has 3 N–H and O–H groups in total. The minimum absolute atomic E-state index is 0.0612. The highest BCUT2D eigenvalue weighted by molar-refractivity contribution is 7.47. The lowest BCUT2D eigenvalue weighted by Gasteiger charge is -2.26. The SMILES string of the molecule is CCCCC/C=C\CC1OC1C/C=C\C/C=C\CCCC(=O)N[C@@H](COP(=O)(O)OCC[N+](C)(C)C)[C@H](O)CCCCCCCCCCCCCCCC. The molecular weight excluding hydrogens is 699 g/mol. The van der Waals surface area contributed by atoms with Crippen LogP contribution in [-0.4, -0.2) is 85.6 Å². The average Bonchev–Trinajstić information content (AvgIpc) is 3.87. The molecule has 1 saturated heterocycles. The molecular formula is C44H84N2O7P+. The number of rotatable bonds is 38. The Balaban J connectivity index is 2.35. The molecule has 1 fully saturated rings. The summed E-state index contributed by atoms with van der Waals surface area (Å²) in [7, 11) is 1.57. The molecule has 5 atom stereocenters. The van der Waals surface area contributed by atoms with Gasteiger partial charge in [-0.3, -0.25) is 13.8 Å². The Morgan fingerprint density at radius 1 is 0.722 bits per heavy atom. The Morgan fingerprint density at radius 3 is 1.81 bits per heavy atom. The van der Waals surface area contributed by atoms with Crippen LogP contribution in [0.5, 0.6) is 0 Å². The van der Waals surface area contributed by atoms with Gasteiger partial charge in [0.05, 0.1) is 52.1 Å². The molecule has 3 unspecified atom stereocenters. The first-order valence-electron chi connectivity index (χ1n) is 22.0. The zero-order valence-electron chi connectivity index (χ0n) is 35.4. The molecule has 9 nitrogen and oxygen atoms in total. The Hall–Kier alpha value is -1.32. The molecule has 0 spiro atoms. The van der Waals surface area contributed by atoms with Gasteiger partial charge in [0.2, 0.25) is 5.91 Å². The van der Waals surface area contributed by atoms with Gasteiger partial charge < -0.3 is 24.5 Å². The second-order valence-electron chi connectivity index (χ2n) is 16.5. The monoisotopic (exact) mass is 784 g/mol. The highest BCUT2D eigenvalue weighted by Crippen LogP contribution is 2.43. The summed E-state index contributed by atoms with van der Waals surface area (Å²) < 4.78 is 29.4. The minimum atomic E-state index is -4.33. The zero-order valence-corrected chi connectivity index (χ0v) is 36.3. The number of ether oxygens (including phenoxy) is 1. The zero-order chi connectivity index (χ0) is 39.8. The second kappa shape index (κ2) is 32.7. The van der Waals surface area contributed by atoms with Crippen molar-refractivity contribution in [3.05, 3.63) is 36.5 Å². The lowest BCUT2D eigenvalue weighted by molar-refractivity contribution is -0.870. The number of hydrogen-bond acceptors (Lipinski definition) is 6. The van der Waals surface area contributed by atoms with Gasteiger partial charge >= 0.3 is 7.82 Å². The summed E-state index contributed by atoms with van der Waals surface area (Å²) in [6.07, 6.45) is 40.6. The maximum absolute atomic E-state index is 12.9. The van der Waals surface area contributed by atoms with E-state index < -0.39 is 20.0 Å². The number of nitrogens with one attached hydrogen (secondary N) is 1. The smallest absolute Gasteiger partial charge is 0.391 e. The first-order valence-corrected chi connectivity index (χ1v) is 23.5. The van der Waals surface area contributed by atoms with Gasteiger partial charge in [-0.15, -0.1) is 0 Å². The number of epoxide rings is 1. The second-order valence-corrected chi connectivity index (χ2v) is 17.9. The Kier molecular flexibility index (Phi) is 30.7. The molecule has 0 aromatic heterocycles. The third-order valence-corrected chi connectivity index (χ3v) is 11.0. The van der Waals surface area contributed by atoms with Gasteiger partial charge in [-0.2, -0.15) is 0 Å². The lowest BCUT2D eigenvalue weighted by Crippen LogP contribution is -2.46. The van der Waals surface area contributed by atoms with Crippen LogP contribution in [0.1, 0.15) is 174 Å². The Bertz CT molecular complexity index is 1040. The molecule has 0 aliphatic carbocycles. The van der Waals surface area contributed by atoms with Crippen molar-refractivity contribution in [2.75, 3.05) is 40.9 Å². The number of amides is 1. The highest BCUT2D eigenvalue weighted by Gasteiger charge is 2.36. The van der Waals surface area contributed by atoms with Crippen molar-refractivity contribution in [2.45, 2.75) is 199 Å². The molecule has 0 radical (unpaired) electrons. The van der Waals surface area contributed by atoms with E-state index in [0.717, 1.165) is 44.9 Å². The summed E-state index contributed by atoms with van der Waals surface area (Å²) in [6, 6.07) is -0.792. The van der Waals surface area contributed by atoms with Crippen LogP contribution >= 0.6 is 7.82 Å². The third kappa shape index (κ3) is 31.8. The van der Waals surface area contributed by atoms with Crippen LogP contribution in [0.25, 0.3) is 0 Å². The summed E-state index contributed by atoms with van der Waals surface area (Å²) in [6.45, 7) is 4.79. The average molecular weight is 784 g/mol. The number of hydrogen-bond donors (Lipinski definition) is 3. The van der Waals surface area contributed by atoms with Gasteiger partial charge in [0.15, 0.2) is 0 Å². The fraction of sp³-hybridized carbons (Fsp3) is 0.841. The molecule has 0 aromatic rings. The predicted octanol–water partition coefficient (Wildman–Crippen LogP) is 10.9. The van der Waals surface area contributed by atoms with Gasteiger partial charge in [0, 0.05) is 6.42 Å². The van der Waals surface area contributed by atoms with Gasteiger partial charge in [0.1, 0.15) is 13.2 Å². The van der Waals surface area contributed by atoms with Crippen LogP contribution in [0.15, 0.2) is 36.5 Å². The van der Waals surface area contributed by atoms with Crippen molar-refractivity contribution in [1.29, 1.82) is 0 Å². The van der Waals surface area contributed by atoms with E-state index in [2.05, 4.69) is 55.6 Å². The highest BCUT2D eigenvalue weighted by atomic mass is 31.2. The summed E-state index contributed by atoms with van der Waals surface area (Å²) in [5, 5.41) is 13.9. The molecule has 1 heterocycles. The number of carbonyl (C=O) groups excluding carboxylic acids is 1. The fourth-order valence-corrected chi connectivity index (χ4v) is 7.11. The summed E-state index contributed by atoms with van der Waals surface area (Å²) in [5.41, 5.74) is 0. The molecule has 1 rings (SSSR count). The van der Waals surface area contributed by atoms with E-state index in [1.165, 1.54) is 96.3 Å². The van der Waals surface area contributed by atoms with Crippen molar-refractivity contribution in [3.63, 3.8) is 0 Å². The quantitative estimate of drug-likeness (QED) is 0.0188. The number of unbranched alkanes of at least 4 members (excludes halogenated alkanes) is 17. The molecule has 1 aliphatic rings. The van der Waals surface area contributed by atoms with Crippen LogP contribution in [0.4, 0.5) is 0 Å². The van der Waals surface area contributed by atoms with E-state index in [1.54, 1.807) is 0 Å². The van der Waals surface area contributed by atoms with E-state index >= 15 is 0 Å². The number of carbonyl (C=O) groups is 1. The molecule has 1 amide bonds. The molecule has 54 heavy (non-hydrogen) atoms. The largest absolute Gasteiger partial charge is 0.472 e. The summed E-state index contributed by atoms with van der Waals surface area (Å²) in [4.78, 5) is 23.1. The van der Waals surface area contributed by atoms with Crippen LogP contribution < -0.4 is 5.32 Å². The maximum atomic E-state index is 12.9. The number of phosphoric ester groups is 1. The number of allylic oxidation sites excluding steroid dienone is 4. The Morgan fingerprint density at radius 2 is 1.22 bits per heavy atom. The molecule has 316 valence electrons. The van der Waals surface area contributed by atoms with E-state index in [1.807, 2.05) is 21.1 Å². The first-order chi connectivity index (χ1) is 26.0. The van der Waals surface area contributed by atoms with E-state index in [-0.39, 0.29) is 19.1 Å². The van der Waals surface area contributed by atoms with E-state index in [4.69, 9.17) is 13.8 Å². The van der Waals surface area contributed by atoms with Crippen molar-refractivity contribution in [2.24, 2.45) is 0 Å². The fourth-order valence-electron chi connectivity index (χ4n) is 6.37. The van der Waals surface area contributed by atoms with Gasteiger partial charge in [-0.25, -0.2) is 4.57 Å². The van der Waals surface area contributed by atoms with E-state index in [0.29, 0.717) is 42.5 Å². The third-order valence-electron chi connectivity index (χ3n) is 10.0. The molecule has 1 aliphatic heterocycles. The first kappa shape index (κ1) is 50.7. The Labute approximate surface area is 332 Å². The van der Waals surface area contributed by atoms with Crippen molar-refractivity contribution in [3.8, 4) is 0 Å². The number of aliphatic hydroxyl groups is 1. The topological polar surface area (TPSA) is 118 Å². The molecule has 10 heteroatoms. The van der Waals surface area contributed by atoms with Crippen molar-refractivity contribution in [1.82, 2.24) is 5.32 Å². The van der Waals surface area contributed by atoms with Gasteiger partial charge in [0.25, 0.3) is 0 Å². The summed E-state index contributed by atoms with van der Waals surface area (Å²) in [5.74, 6) is -0.203. The number of phosphoric acid groups is 1. The van der Waals surface area contributed by atoms with E-state index in [9.17, 15) is 19.4 Å². The normalized spacial score (nSPS) is 18.5. The van der Waals surface area contributed by atoms with Crippen LogP contribution in [0, 0.1) is 0 Å². The molecule has 0 aromatic carbocycles. The minimum Gasteiger partial charge on any atom is -0.391 e. The van der Waals surface area contributed by atoms with Gasteiger partial charge in [-0.1, -0.05) is 153 Å². The van der Waals surface area contributed by atoms with Gasteiger partial charge in [-0.05, 0) is 51.4 Å². The number of likely N-dealkylation sites (N-methyl/N-ethyl adjacent to an activating group) is 1. The molecule has 0 bridgehead atoms. The van der Waals surface area contributed by atoms with Crippen molar-refractivity contribution >= 4 is 13.7 Å². The van der Waals surface area contributed by atoms with Crippen LogP contribution in [0.2, 0.25) is 0 Å². The standard InChI is InChI=1S/C44H83N2O7P/c1-6-8-10-12-14-15-16-17-18-19-20-22-25-29-33-41(47)40(39-52-54(49,50)51-38-37-46(3,4)5)45-44(48)36-32-28-24-21-23-27-31-35-43-42(53-43)34-30-26-13-11-9-7-2/h21,24,26-27,30-31,40-43,47H,6-20,22-23,25,28-29,32-39H2,1-5H3,(H-,45,48,49,50)/p+1/b24-21-,30-26-,31-27-/t40-,41+,42?,43?/m0/s1. The molecule has 0 saturated carbocycles. The number of aliphatic hydroxyl groups excluding tert-OH is 1. The van der Waals surface area contributed by atoms with Crippen LogP contribution in [-0.2, 0) is 23.1 Å². The number of nitrogens with zero attached hydrogens (tertiary/aromatic N) is 1.